The molecule has 3 heterocycles. The van der Waals surface area contributed by atoms with Gasteiger partial charge in [-0.15, -0.1) is 0 Å². The molecule has 0 spiro atoms. The monoisotopic (exact) mass is 311 g/mol. The summed E-state index contributed by atoms with van der Waals surface area (Å²) < 4.78 is 1.66. The summed E-state index contributed by atoms with van der Waals surface area (Å²) in [5, 5.41) is 4.65. The van der Waals surface area contributed by atoms with Crippen molar-refractivity contribution in [2.45, 2.75) is 51.1 Å². The Morgan fingerprint density at radius 3 is 2.96 bits per heavy atom. The number of aryl methyl sites for hydroxylation is 2. The minimum Gasteiger partial charge on any atom is -0.350 e. The predicted molar refractivity (Wildman–Crippen MR) is 87.5 cm³/mol. The van der Waals surface area contributed by atoms with E-state index in [-0.39, 0.29) is 11.6 Å². The molecule has 4 rings (SSSR count). The summed E-state index contributed by atoms with van der Waals surface area (Å²) in [6.45, 7) is 1.59. The third-order valence-corrected chi connectivity index (χ3v) is 4.88. The molecular formula is C17H21N5O. The molecule has 1 unspecified atom stereocenters. The molecule has 0 bridgehead atoms. The maximum Gasteiger partial charge on any atom is 0.267 e. The average molecular weight is 311 g/mol. The second-order valence-electron chi connectivity index (χ2n) is 6.40. The Balaban J connectivity index is 1.59. The van der Waals surface area contributed by atoms with Crippen molar-refractivity contribution in [1.82, 2.24) is 19.7 Å². The molecule has 1 fully saturated rings. The SMILES string of the molecule is O=c1cc2c(nn1CC1CCCN1c1cnccn1)CCCC2. The van der Waals surface area contributed by atoms with E-state index in [1.165, 1.54) is 12.8 Å². The second-order valence-corrected chi connectivity index (χ2v) is 6.40. The Labute approximate surface area is 135 Å². The molecule has 0 amide bonds. The second kappa shape index (κ2) is 6.10. The van der Waals surface area contributed by atoms with E-state index >= 15 is 0 Å². The first-order valence-corrected chi connectivity index (χ1v) is 8.44. The Hall–Kier alpha value is -2.24. The number of rotatable bonds is 3. The molecule has 1 atom stereocenters. The van der Waals surface area contributed by atoms with Crippen molar-refractivity contribution in [3.8, 4) is 0 Å². The molecule has 1 aliphatic heterocycles. The van der Waals surface area contributed by atoms with Gasteiger partial charge in [0.25, 0.3) is 5.56 Å². The molecule has 2 aliphatic rings. The quantitative estimate of drug-likeness (QED) is 0.861. The first-order chi connectivity index (χ1) is 11.3. The zero-order valence-corrected chi connectivity index (χ0v) is 13.2. The Bertz CT molecular complexity index is 742. The van der Waals surface area contributed by atoms with Gasteiger partial charge in [0.15, 0.2) is 0 Å². The average Bonchev–Trinajstić information content (AvgIpc) is 3.04. The molecule has 120 valence electrons. The number of hydrogen-bond acceptors (Lipinski definition) is 5. The topological polar surface area (TPSA) is 63.9 Å². The van der Waals surface area contributed by atoms with Crippen LogP contribution in [0.5, 0.6) is 0 Å². The van der Waals surface area contributed by atoms with Gasteiger partial charge in [-0.1, -0.05) is 0 Å². The van der Waals surface area contributed by atoms with Crippen LogP contribution < -0.4 is 10.5 Å². The van der Waals surface area contributed by atoms with Crippen LogP contribution in [-0.2, 0) is 19.4 Å². The van der Waals surface area contributed by atoms with Crippen molar-refractivity contribution in [1.29, 1.82) is 0 Å². The van der Waals surface area contributed by atoms with Gasteiger partial charge in [0.2, 0.25) is 0 Å². The maximum absolute atomic E-state index is 12.4. The van der Waals surface area contributed by atoms with E-state index in [0.717, 1.165) is 49.3 Å². The Morgan fingerprint density at radius 1 is 1.17 bits per heavy atom. The molecule has 23 heavy (non-hydrogen) atoms. The normalized spacial score (nSPS) is 20.5. The number of aromatic nitrogens is 4. The first kappa shape index (κ1) is 14.4. The van der Waals surface area contributed by atoms with Gasteiger partial charge in [0.1, 0.15) is 5.82 Å². The third kappa shape index (κ3) is 2.85. The Kier molecular flexibility index (Phi) is 3.81. The van der Waals surface area contributed by atoms with Crippen LogP contribution in [-0.4, -0.2) is 32.3 Å². The lowest BCUT2D eigenvalue weighted by atomic mass is 9.97. The standard InChI is InChI=1S/C17H21N5O/c23-17-10-13-4-1-2-6-15(13)20-22(17)12-14-5-3-9-21(14)16-11-18-7-8-19-16/h7-8,10-11,14H,1-6,9,12H2. The molecule has 6 nitrogen and oxygen atoms in total. The van der Waals surface area contributed by atoms with Gasteiger partial charge in [0, 0.05) is 25.0 Å². The minimum absolute atomic E-state index is 0.0247. The molecule has 2 aromatic heterocycles. The predicted octanol–water partition coefficient (Wildman–Crippen LogP) is 1.58. The van der Waals surface area contributed by atoms with Crippen LogP contribution in [0.3, 0.4) is 0 Å². The highest BCUT2D eigenvalue weighted by Crippen LogP contribution is 2.24. The molecule has 1 saturated heterocycles. The van der Waals surface area contributed by atoms with Crippen molar-refractivity contribution in [3.63, 3.8) is 0 Å². The van der Waals surface area contributed by atoms with E-state index in [1.807, 2.05) is 0 Å². The fourth-order valence-electron chi connectivity index (χ4n) is 3.70. The summed E-state index contributed by atoms with van der Waals surface area (Å²) in [5.41, 5.74) is 2.28. The van der Waals surface area contributed by atoms with Crippen LogP contribution in [0.2, 0.25) is 0 Å². The number of nitrogens with zero attached hydrogens (tertiary/aromatic N) is 5. The Morgan fingerprint density at radius 2 is 2.09 bits per heavy atom. The zero-order chi connectivity index (χ0) is 15.6. The van der Waals surface area contributed by atoms with E-state index in [4.69, 9.17) is 0 Å². The number of fused-ring (bicyclic) bond motifs is 1. The van der Waals surface area contributed by atoms with Crippen LogP contribution in [0.4, 0.5) is 5.82 Å². The highest BCUT2D eigenvalue weighted by molar-refractivity contribution is 5.38. The lowest BCUT2D eigenvalue weighted by molar-refractivity contribution is 0.472. The van der Waals surface area contributed by atoms with E-state index in [2.05, 4.69) is 20.0 Å². The van der Waals surface area contributed by atoms with Gasteiger partial charge in [-0.25, -0.2) is 9.67 Å². The molecule has 6 heteroatoms. The highest BCUT2D eigenvalue weighted by Gasteiger charge is 2.27. The summed E-state index contributed by atoms with van der Waals surface area (Å²) in [5.74, 6) is 0.890. The molecule has 1 aliphatic carbocycles. The molecule has 0 aromatic carbocycles. The fourth-order valence-corrected chi connectivity index (χ4v) is 3.70. The van der Waals surface area contributed by atoms with Crippen molar-refractivity contribution < 1.29 is 0 Å². The van der Waals surface area contributed by atoms with Gasteiger partial charge in [-0.3, -0.25) is 9.78 Å². The van der Waals surface area contributed by atoms with Gasteiger partial charge in [-0.2, -0.15) is 5.10 Å². The van der Waals surface area contributed by atoms with E-state index in [9.17, 15) is 4.79 Å². The van der Waals surface area contributed by atoms with Crippen LogP contribution in [0.25, 0.3) is 0 Å². The van der Waals surface area contributed by atoms with E-state index < -0.39 is 0 Å². The van der Waals surface area contributed by atoms with Gasteiger partial charge in [0.05, 0.1) is 24.5 Å². The summed E-state index contributed by atoms with van der Waals surface area (Å²) >= 11 is 0. The van der Waals surface area contributed by atoms with Crippen molar-refractivity contribution in [2.24, 2.45) is 0 Å². The largest absolute Gasteiger partial charge is 0.350 e. The lowest BCUT2D eigenvalue weighted by Crippen LogP contribution is -2.38. The summed E-state index contributed by atoms with van der Waals surface area (Å²) in [6.07, 6.45) is 11.7. The minimum atomic E-state index is 0.0247. The fraction of sp³-hybridized carbons (Fsp3) is 0.529. The molecule has 0 N–H and O–H groups in total. The van der Waals surface area contributed by atoms with E-state index in [0.29, 0.717) is 6.54 Å². The summed E-state index contributed by atoms with van der Waals surface area (Å²) in [6, 6.07) is 2.06. The van der Waals surface area contributed by atoms with Gasteiger partial charge in [-0.05, 0) is 44.1 Å². The smallest absolute Gasteiger partial charge is 0.267 e. The van der Waals surface area contributed by atoms with Crippen LogP contribution >= 0.6 is 0 Å². The van der Waals surface area contributed by atoms with Crippen molar-refractivity contribution in [3.05, 3.63) is 46.3 Å². The molecule has 2 aromatic rings. The van der Waals surface area contributed by atoms with Crippen molar-refractivity contribution in [2.75, 3.05) is 11.4 Å². The molecule has 0 saturated carbocycles. The molecule has 0 radical (unpaired) electrons. The van der Waals surface area contributed by atoms with E-state index in [1.54, 1.807) is 29.3 Å². The van der Waals surface area contributed by atoms with Crippen LogP contribution in [0, 0.1) is 0 Å². The van der Waals surface area contributed by atoms with Gasteiger partial charge < -0.3 is 4.90 Å². The summed E-state index contributed by atoms with van der Waals surface area (Å²) in [4.78, 5) is 23.2. The maximum atomic E-state index is 12.4. The first-order valence-electron chi connectivity index (χ1n) is 8.44. The van der Waals surface area contributed by atoms with Gasteiger partial charge >= 0.3 is 0 Å². The third-order valence-electron chi connectivity index (χ3n) is 4.88. The number of hydrogen-bond donors (Lipinski definition) is 0. The lowest BCUT2D eigenvalue weighted by Gasteiger charge is -2.26. The van der Waals surface area contributed by atoms with Crippen LogP contribution in [0.15, 0.2) is 29.5 Å². The van der Waals surface area contributed by atoms with Crippen LogP contribution in [0.1, 0.15) is 36.9 Å². The number of anilines is 1. The highest BCUT2D eigenvalue weighted by atomic mass is 16.1. The zero-order valence-electron chi connectivity index (χ0n) is 13.2. The van der Waals surface area contributed by atoms with Crippen molar-refractivity contribution >= 4 is 5.82 Å². The summed E-state index contributed by atoms with van der Waals surface area (Å²) in [7, 11) is 0. The molecular weight excluding hydrogens is 290 g/mol.